The van der Waals surface area contributed by atoms with Crippen molar-refractivity contribution in [1.29, 1.82) is 0 Å². The summed E-state index contributed by atoms with van der Waals surface area (Å²) in [7, 11) is 0. The summed E-state index contributed by atoms with van der Waals surface area (Å²) in [5.41, 5.74) is 2.18. The summed E-state index contributed by atoms with van der Waals surface area (Å²) in [6.07, 6.45) is 0. The highest BCUT2D eigenvalue weighted by molar-refractivity contribution is 7.99. The standard InChI is InChI=1S/C19H17N3OS2/c1-11-17(25-13(3)20-11)18-21-22-19(23-18)24-12(2)15-9-8-14-6-4-5-7-16(14)10-15/h4-10,12H,1-3H3. The maximum Gasteiger partial charge on any atom is 0.277 e. The first-order valence-corrected chi connectivity index (χ1v) is 9.73. The van der Waals surface area contributed by atoms with Crippen LogP contribution in [0.3, 0.4) is 0 Å². The molecule has 126 valence electrons. The van der Waals surface area contributed by atoms with Crippen molar-refractivity contribution >= 4 is 33.9 Å². The number of thiazole rings is 1. The fourth-order valence-corrected chi connectivity index (χ4v) is 4.40. The zero-order valence-corrected chi connectivity index (χ0v) is 15.8. The first-order valence-electron chi connectivity index (χ1n) is 8.03. The summed E-state index contributed by atoms with van der Waals surface area (Å²) >= 11 is 3.16. The molecule has 0 saturated carbocycles. The van der Waals surface area contributed by atoms with Gasteiger partial charge in [-0.2, -0.15) is 0 Å². The van der Waals surface area contributed by atoms with Crippen molar-refractivity contribution in [3.8, 4) is 10.8 Å². The number of nitrogens with zero attached hydrogens (tertiary/aromatic N) is 3. The molecule has 0 bridgehead atoms. The average Bonchev–Trinajstić information content (AvgIpc) is 3.20. The lowest BCUT2D eigenvalue weighted by atomic mass is 10.1. The van der Waals surface area contributed by atoms with Crippen LogP contribution in [0.2, 0.25) is 0 Å². The molecule has 0 aliphatic heterocycles. The molecule has 4 nitrogen and oxygen atoms in total. The van der Waals surface area contributed by atoms with Crippen molar-refractivity contribution in [2.45, 2.75) is 31.2 Å². The van der Waals surface area contributed by atoms with Gasteiger partial charge in [0.05, 0.1) is 10.7 Å². The summed E-state index contributed by atoms with van der Waals surface area (Å²) in [6, 6.07) is 14.9. The molecule has 0 aliphatic carbocycles. The van der Waals surface area contributed by atoms with Gasteiger partial charge in [-0.1, -0.05) is 54.2 Å². The number of hydrogen-bond donors (Lipinski definition) is 0. The van der Waals surface area contributed by atoms with Crippen molar-refractivity contribution < 1.29 is 4.42 Å². The van der Waals surface area contributed by atoms with Gasteiger partial charge in [0.25, 0.3) is 11.1 Å². The van der Waals surface area contributed by atoms with Crippen LogP contribution in [0.15, 0.2) is 52.1 Å². The molecule has 2 heterocycles. The van der Waals surface area contributed by atoms with E-state index in [9.17, 15) is 0 Å². The number of fused-ring (bicyclic) bond motifs is 1. The van der Waals surface area contributed by atoms with Crippen molar-refractivity contribution in [3.05, 3.63) is 58.7 Å². The van der Waals surface area contributed by atoms with Gasteiger partial charge in [0, 0.05) is 5.25 Å². The average molecular weight is 367 g/mol. The number of benzene rings is 2. The molecule has 0 spiro atoms. The van der Waals surface area contributed by atoms with Gasteiger partial charge in [-0.3, -0.25) is 0 Å². The van der Waals surface area contributed by atoms with Gasteiger partial charge in [-0.15, -0.1) is 21.5 Å². The highest BCUT2D eigenvalue weighted by Gasteiger charge is 2.17. The van der Waals surface area contributed by atoms with E-state index in [1.54, 1.807) is 23.1 Å². The maximum absolute atomic E-state index is 5.85. The zero-order chi connectivity index (χ0) is 17.4. The quantitative estimate of drug-likeness (QED) is 0.426. The molecule has 0 fully saturated rings. The SMILES string of the molecule is Cc1nc(C)c(-c2nnc(SC(C)c3ccc4ccccc4c3)o2)s1. The normalized spacial score (nSPS) is 12.6. The molecule has 25 heavy (non-hydrogen) atoms. The molecule has 0 amide bonds. The van der Waals surface area contributed by atoms with E-state index in [0.29, 0.717) is 11.1 Å². The van der Waals surface area contributed by atoms with Crippen molar-refractivity contribution in [1.82, 2.24) is 15.2 Å². The fraction of sp³-hybridized carbons (Fsp3) is 0.211. The van der Waals surface area contributed by atoms with Gasteiger partial charge in [-0.05, 0) is 37.1 Å². The third kappa shape index (κ3) is 3.32. The Morgan fingerprint density at radius 1 is 1.04 bits per heavy atom. The van der Waals surface area contributed by atoms with E-state index in [-0.39, 0.29) is 5.25 Å². The summed E-state index contributed by atoms with van der Waals surface area (Å²) in [4.78, 5) is 5.37. The molecule has 0 saturated heterocycles. The Morgan fingerprint density at radius 2 is 1.84 bits per heavy atom. The number of rotatable bonds is 4. The molecule has 4 aromatic rings. The molecule has 2 aromatic carbocycles. The van der Waals surface area contributed by atoms with Gasteiger partial charge in [0.1, 0.15) is 4.88 Å². The molecular formula is C19H17N3OS2. The molecule has 1 atom stereocenters. The third-order valence-corrected chi connectivity index (χ3v) is 6.08. The Balaban J connectivity index is 1.56. The van der Waals surface area contributed by atoms with Crippen LogP contribution in [0.1, 0.15) is 28.4 Å². The molecule has 4 rings (SSSR count). The Labute approximate surface area is 154 Å². The second-order valence-corrected chi connectivity index (χ2v) is 8.38. The molecule has 2 aromatic heterocycles. The smallest absolute Gasteiger partial charge is 0.277 e. The minimum Gasteiger partial charge on any atom is -0.410 e. The summed E-state index contributed by atoms with van der Waals surface area (Å²) in [5, 5.41) is 12.7. The molecule has 0 N–H and O–H groups in total. The lowest BCUT2D eigenvalue weighted by molar-refractivity contribution is 0.465. The van der Waals surface area contributed by atoms with Crippen molar-refractivity contribution in [2.75, 3.05) is 0 Å². The topological polar surface area (TPSA) is 51.8 Å². The van der Waals surface area contributed by atoms with Gasteiger partial charge in [0.15, 0.2) is 0 Å². The Morgan fingerprint density at radius 3 is 2.60 bits per heavy atom. The van der Waals surface area contributed by atoms with Crippen LogP contribution in [0.5, 0.6) is 0 Å². The highest BCUT2D eigenvalue weighted by Crippen LogP contribution is 2.37. The first kappa shape index (κ1) is 16.3. The molecule has 0 aliphatic rings. The number of aromatic nitrogens is 3. The maximum atomic E-state index is 5.85. The predicted octanol–water partition coefficient (Wildman–Crippen LogP) is 5.82. The van der Waals surface area contributed by atoms with Crippen molar-refractivity contribution in [3.63, 3.8) is 0 Å². The second-order valence-electron chi connectivity index (χ2n) is 5.89. The van der Waals surface area contributed by atoms with Gasteiger partial charge in [0.2, 0.25) is 0 Å². The summed E-state index contributed by atoms with van der Waals surface area (Å²) in [5.74, 6) is 0.552. The second kappa shape index (κ2) is 6.61. The number of aryl methyl sites for hydroxylation is 2. The van der Waals surface area contributed by atoms with Crippen LogP contribution >= 0.6 is 23.1 Å². The van der Waals surface area contributed by atoms with Crippen LogP contribution in [0.4, 0.5) is 0 Å². The van der Waals surface area contributed by atoms with E-state index in [4.69, 9.17) is 4.42 Å². The molecule has 0 radical (unpaired) electrons. The Bertz CT molecular complexity index is 1040. The molecule has 6 heteroatoms. The fourth-order valence-electron chi connectivity index (χ4n) is 2.76. The zero-order valence-electron chi connectivity index (χ0n) is 14.2. The minimum atomic E-state index is 0.224. The Kier molecular flexibility index (Phi) is 4.31. The van der Waals surface area contributed by atoms with E-state index in [0.717, 1.165) is 15.6 Å². The summed E-state index contributed by atoms with van der Waals surface area (Å²) < 4.78 is 5.85. The van der Waals surface area contributed by atoms with E-state index in [1.165, 1.54) is 16.3 Å². The van der Waals surface area contributed by atoms with E-state index in [2.05, 4.69) is 64.6 Å². The predicted molar refractivity (Wildman–Crippen MR) is 103 cm³/mol. The molecule has 1 unspecified atom stereocenters. The van der Waals surface area contributed by atoms with Gasteiger partial charge < -0.3 is 4.42 Å². The third-order valence-electron chi connectivity index (χ3n) is 4.02. The van der Waals surface area contributed by atoms with E-state index in [1.807, 2.05) is 13.8 Å². The van der Waals surface area contributed by atoms with E-state index < -0.39 is 0 Å². The molecular weight excluding hydrogens is 350 g/mol. The number of thioether (sulfide) groups is 1. The van der Waals surface area contributed by atoms with Gasteiger partial charge in [-0.25, -0.2) is 4.98 Å². The highest BCUT2D eigenvalue weighted by atomic mass is 32.2. The lowest BCUT2D eigenvalue weighted by Crippen LogP contribution is -1.88. The Hall–Kier alpha value is -2.18. The first-order chi connectivity index (χ1) is 12.1. The van der Waals surface area contributed by atoms with Gasteiger partial charge >= 0.3 is 0 Å². The summed E-state index contributed by atoms with van der Waals surface area (Å²) in [6.45, 7) is 6.10. The van der Waals surface area contributed by atoms with Crippen LogP contribution in [-0.4, -0.2) is 15.2 Å². The van der Waals surface area contributed by atoms with Crippen LogP contribution in [0.25, 0.3) is 21.5 Å². The number of hydrogen-bond acceptors (Lipinski definition) is 6. The largest absolute Gasteiger partial charge is 0.410 e. The lowest BCUT2D eigenvalue weighted by Gasteiger charge is -2.09. The van der Waals surface area contributed by atoms with Crippen LogP contribution in [-0.2, 0) is 0 Å². The minimum absolute atomic E-state index is 0.224. The van der Waals surface area contributed by atoms with Crippen molar-refractivity contribution in [2.24, 2.45) is 0 Å². The van der Waals surface area contributed by atoms with Crippen LogP contribution < -0.4 is 0 Å². The van der Waals surface area contributed by atoms with E-state index >= 15 is 0 Å². The van der Waals surface area contributed by atoms with Crippen LogP contribution in [0, 0.1) is 13.8 Å². The monoisotopic (exact) mass is 367 g/mol.